The molecule has 1 N–H and O–H groups in total. The van der Waals surface area contributed by atoms with Crippen molar-refractivity contribution in [3.05, 3.63) is 29.8 Å². The minimum atomic E-state index is -0.421. The van der Waals surface area contributed by atoms with E-state index in [1.807, 2.05) is 0 Å². The van der Waals surface area contributed by atoms with Crippen molar-refractivity contribution >= 4 is 11.8 Å². The highest BCUT2D eigenvalue weighted by Crippen LogP contribution is 2.21. The Morgan fingerprint density at radius 2 is 2.20 bits per heavy atom. The summed E-state index contributed by atoms with van der Waals surface area (Å²) in [5.74, 6) is 2.28. The minimum absolute atomic E-state index is 0.331. The Balaban J connectivity index is 2.37. The van der Waals surface area contributed by atoms with E-state index in [9.17, 15) is 8.78 Å². The first-order chi connectivity index (χ1) is 7.24. The van der Waals surface area contributed by atoms with Crippen LogP contribution in [0.3, 0.4) is 0 Å². The molecule has 0 amide bonds. The molecule has 0 aromatic heterocycles. The molecule has 80 valence electrons. The maximum atomic E-state index is 13.1. The SMILES string of the molecule is C#CCNCCSc1cc(F)ccc1F. The van der Waals surface area contributed by atoms with E-state index in [0.29, 0.717) is 23.7 Å². The molecule has 1 nitrogen and oxygen atoms in total. The molecule has 0 fully saturated rings. The second-order valence-electron chi connectivity index (χ2n) is 2.80. The summed E-state index contributed by atoms with van der Waals surface area (Å²) < 4.78 is 25.9. The van der Waals surface area contributed by atoms with E-state index in [-0.39, 0.29) is 0 Å². The zero-order valence-corrected chi connectivity index (χ0v) is 8.91. The fraction of sp³-hybridized carbons (Fsp3) is 0.273. The van der Waals surface area contributed by atoms with E-state index in [4.69, 9.17) is 6.42 Å². The zero-order valence-electron chi connectivity index (χ0n) is 8.09. The van der Waals surface area contributed by atoms with Gasteiger partial charge in [0.05, 0.1) is 6.54 Å². The molecule has 0 saturated carbocycles. The molecular weight excluding hydrogens is 216 g/mol. The van der Waals surface area contributed by atoms with Gasteiger partial charge < -0.3 is 5.32 Å². The number of terminal acetylenes is 1. The molecule has 15 heavy (non-hydrogen) atoms. The fourth-order valence-corrected chi connectivity index (χ4v) is 1.85. The molecule has 0 atom stereocenters. The Bertz CT molecular complexity index is 360. The lowest BCUT2D eigenvalue weighted by Crippen LogP contribution is -2.16. The van der Waals surface area contributed by atoms with Crippen LogP contribution in [-0.4, -0.2) is 18.8 Å². The monoisotopic (exact) mass is 227 g/mol. The van der Waals surface area contributed by atoms with Gasteiger partial charge in [-0.15, -0.1) is 18.2 Å². The van der Waals surface area contributed by atoms with Gasteiger partial charge in [0, 0.05) is 17.2 Å². The molecule has 0 radical (unpaired) electrons. The van der Waals surface area contributed by atoms with Gasteiger partial charge in [-0.1, -0.05) is 5.92 Å². The predicted octanol–water partition coefficient (Wildman–Crippen LogP) is 2.28. The summed E-state index contributed by atoms with van der Waals surface area (Å²) in [6.45, 7) is 1.16. The lowest BCUT2D eigenvalue weighted by atomic mass is 10.3. The number of halogens is 2. The zero-order chi connectivity index (χ0) is 11.1. The van der Waals surface area contributed by atoms with Crippen LogP contribution in [0, 0.1) is 24.0 Å². The molecular formula is C11H11F2NS. The second kappa shape index (κ2) is 6.44. The third-order valence-electron chi connectivity index (χ3n) is 1.66. The molecule has 1 aromatic rings. The molecule has 0 aliphatic rings. The van der Waals surface area contributed by atoms with Crippen LogP contribution in [0.5, 0.6) is 0 Å². The van der Waals surface area contributed by atoms with Gasteiger partial charge in [0.2, 0.25) is 0 Å². The highest BCUT2D eigenvalue weighted by Gasteiger charge is 2.03. The quantitative estimate of drug-likeness (QED) is 0.470. The van der Waals surface area contributed by atoms with Crippen molar-refractivity contribution in [1.29, 1.82) is 0 Å². The Morgan fingerprint density at radius 1 is 1.40 bits per heavy atom. The molecule has 0 unspecified atom stereocenters. The Kier molecular flexibility index (Phi) is 5.16. The largest absolute Gasteiger partial charge is 0.305 e. The molecule has 0 aliphatic carbocycles. The van der Waals surface area contributed by atoms with Crippen LogP contribution in [0.25, 0.3) is 0 Å². The Morgan fingerprint density at radius 3 is 2.93 bits per heavy atom. The summed E-state index contributed by atoms with van der Waals surface area (Å²) in [6, 6.07) is 3.43. The molecule has 1 rings (SSSR count). The summed E-state index contributed by atoms with van der Waals surface area (Å²) in [4.78, 5) is 0.331. The van der Waals surface area contributed by atoms with Crippen LogP contribution in [0.15, 0.2) is 23.1 Å². The van der Waals surface area contributed by atoms with Gasteiger partial charge in [-0.3, -0.25) is 0 Å². The van der Waals surface area contributed by atoms with Crippen molar-refractivity contribution in [2.24, 2.45) is 0 Å². The van der Waals surface area contributed by atoms with E-state index in [1.165, 1.54) is 17.8 Å². The van der Waals surface area contributed by atoms with E-state index in [0.717, 1.165) is 12.1 Å². The van der Waals surface area contributed by atoms with Crippen LogP contribution in [0.2, 0.25) is 0 Å². The smallest absolute Gasteiger partial charge is 0.136 e. The van der Waals surface area contributed by atoms with Crippen molar-refractivity contribution in [3.63, 3.8) is 0 Å². The first kappa shape index (κ1) is 12.0. The average molecular weight is 227 g/mol. The van der Waals surface area contributed by atoms with E-state index >= 15 is 0 Å². The molecule has 0 bridgehead atoms. The van der Waals surface area contributed by atoms with Gasteiger partial charge in [0.15, 0.2) is 0 Å². The number of nitrogens with one attached hydrogen (secondary N) is 1. The van der Waals surface area contributed by atoms with Crippen LogP contribution < -0.4 is 5.32 Å². The highest BCUT2D eigenvalue weighted by atomic mass is 32.2. The van der Waals surface area contributed by atoms with Gasteiger partial charge in [-0.25, -0.2) is 8.78 Å². The van der Waals surface area contributed by atoms with Crippen molar-refractivity contribution in [2.75, 3.05) is 18.8 Å². The highest BCUT2D eigenvalue weighted by molar-refractivity contribution is 7.99. The standard InChI is InChI=1S/C11H11F2NS/c1-2-5-14-6-7-15-11-8-9(12)3-4-10(11)13/h1,3-4,8,14H,5-7H2. The first-order valence-electron chi connectivity index (χ1n) is 4.46. The molecule has 0 heterocycles. The van der Waals surface area contributed by atoms with E-state index < -0.39 is 11.6 Å². The normalized spacial score (nSPS) is 9.93. The van der Waals surface area contributed by atoms with Crippen LogP contribution in [0.4, 0.5) is 8.78 Å². The van der Waals surface area contributed by atoms with E-state index in [1.54, 1.807) is 0 Å². The van der Waals surface area contributed by atoms with Gasteiger partial charge in [0.25, 0.3) is 0 Å². The van der Waals surface area contributed by atoms with Gasteiger partial charge in [-0.2, -0.15) is 0 Å². The summed E-state index contributed by atoms with van der Waals surface area (Å²) in [5, 5.41) is 2.97. The molecule has 4 heteroatoms. The van der Waals surface area contributed by atoms with Gasteiger partial charge in [-0.05, 0) is 18.2 Å². The fourth-order valence-electron chi connectivity index (χ4n) is 0.982. The third-order valence-corrected chi connectivity index (χ3v) is 2.69. The van der Waals surface area contributed by atoms with E-state index in [2.05, 4.69) is 11.2 Å². The van der Waals surface area contributed by atoms with Crippen LogP contribution >= 0.6 is 11.8 Å². The number of hydrogen-bond acceptors (Lipinski definition) is 2. The summed E-state index contributed by atoms with van der Waals surface area (Å²) in [6.07, 6.45) is 5.04. The van der Waals surface area contributed by atoms with Crippen molar-refractivity contribution in [3.8, 4) is 12.3 Å². The summed E-state index contributed by atoms with van der Waals surface area (Å²) in [7, 11) is 0. The third kappa shape index (κ3) is 4.32. The Hall–Kier alpha value is -1.05. The Labute approximate surface area is 92.3 Å². The number of thioether (sulfide) groups is 1. The second-order valence-corrected chi connectivity index (χ2v) is 3.94. The maximum Gasteiger partial charge on any atom is 0.136 e. The molecule has 1 aromatic carbocycles. The number of rotatable bonds is 5. The van der Waals surface area contributed by atoms with Crippen molar-refractivity contribution < 1.29 is 8.78 Å². The lowest BCUT2D eigenvalue weighted by Gasteiger charge is -2.03. The topological polar surface area (TPSA) is 12.0 Å². The average Bonchev–Trinajstić information content (AvgIpc) is 2.23. The molecule has 0 saturated heterocycles. The van der Waals surface area contributed by atoms with Crippen LogP contribution in [-0.2, 0) is 0 Å². The predicted molar refractivity (Wildman–Crippen MR) is 58.8 cm³/mol. The molecule has 0 spiro atoms. The number of hydrogen-bond donors (Lipinski definition) is 1. The first-order valence-corrected chi connectivity index (χ1v) is 5.44. The minimum Gasteiger partial charge on any atom is -0.305 e. The summed E-state index contributed by atoms with van der Waals surface area (Å²) >= 11 is 1.27. The number of benzene rings is 1. The lowest BCUT2D eigenvalue weighted by molar-refractivity contribution is 0.577. The maximum absolute atomic E-state index is 13.1. The van der Waals surface area contributed by atoms with Gasteiger partial charge >= 0.3 is 0 Å². The van der Waals surface area contributed by atoms with Crippen LogP contribution in [0.1, 0.15) is 0 Å². The van der Waals surface area contributed by atoms with Crippen molar-refractivity contribution in [2.45, 2.75) is 4.90 Å². The summed E-state index contributed by atoms with van der Waals surface area (Å²) in [5.41, 5.74) is 0. The van der Waals surface area contributed by atoms with Crippen molar-refractivity contribution in [1.82, 2.24) is 5.32 Å². The van der Waals surface area contributed by atoms with Gasteiger partial charge in [0.1, 0.15) is 11.6 Å². The molecule has 0 aliphatic heterocycles.